The summed E-state index contributed by atoms with van der Waals surface area (Å²) in [7, 11) is 0. The first kappa shape index (κ1) is 19.9. The maximum atomic E-state index is 13.0. The molecule has 31 heavy (non-hydrogen) atoms. The van der Waals surface area contributed by atoms with E-state index in [1.807, 2.05) is 42.5 Å². The molecule has 3 heterocycles. The number of nitrogens with zero attached hydrogens (tertiary/aromatic N) is 2. The van der Waals surface area contributed by atoms with Crippen molar-refractivity contribution in [2.24, 2.45) is 0 Å². The lowest BCUT2D eigenvalue weighted by Crippen LogP contribution is -2.41. The SMILES string of the molecule is O=C1N[C@@H](Cc2ccccc2)C(=O)N1CN1CCC[C@H]1c1ccc2c(c1)OCCCO2. The number of rotatable bonds is 5. The van der Waals surface area contributed by atoms with Crippen molar-refractivity contribution >= 4 is 11.9 Å². The van der Waals surface area contributed by atoms with E-state index in [4.69, 9.17) is 9.47 Å². The largest absolute Gasteiger partial charge is 0.490 e. The van der Waals surface area contributed by atoms with Crippen LogP contribution in [0.15, 0.2) is 48.5 Å². The predicted octanol–water partition coefficient (Wildman–Crippen LogP) is 3.11. The molecule has 5 rings (SSSR count). The quantitative estimate of drug-likeness (QED) is 0.752. The molecule has 2 atom stereocenters. The Kier molecular flexibility index (Phi) is 5.51. The molecule has 162 valence electrons. The molecule has 2 saturated heterocycles. The van der Waals surface area contributed by atoms with E-state index in [2.05, 4.69) is 16.3 Å². The van der Waals surface area contributed by atoms with Gasteiger partial charge in [0.1, 0.15) is 6.04 Å². The first-order chi connectivity index (χ1) is 15.2. The number of carbonyl (C=O) groups excluding carboxylic acids is 2. The van der Waals surface area contributed by atoms with E-state index in [1.54, 1.807) is 0 Å². The van der Waals surface area contributed by atoms with Crippen molar-refractivity contribution in [2.75, 3.05) is 26.4 Å². The van der Waals surface area contributed by atoms with E-state index in [0.29, 0.717) is 26.3 Å². The molecule has 7 heteroatoms. The van der Waals surface area contributed by atoms with Crippen LogP contribution >= 0.6 is 0 Å². The molecular weight excluding hydrogens is 394 g/mol. The molecule has 0 spiro atoms. The lowest BCUT2D eigenvalue weighted by Gasteiger charge is -2.28. The molecule has 0 saturated carbocycles. The predicted molar refractivity (Wildman–Crippen MR) is 115 cm³/mol. The Morgan fingerprint density at radius 2 is 1.77 bits per heavy atom. The van der Waals surface area contributed by atoms with Gasteiger partial charge in [0, 0.05) is 25.4 Å². The minimum atomic E-state index is -0.506. The molecule has 0 aromatic heterocycles. The highest BCUT2D eigenvalue weighted by Gasteiger charge is 2.40. The molecule has 2 aromatic rings. The van der Waals surface area contributed by atoms with Gasteiger partial charge in [0.2, 0.25) is 0 Å². The minimum Gasteiger partial charge on any atom is -0.490 e. The van der Waals surface area contributed by atoms with Crippen LogP contribution in [-0.2, 0) is 11.2 Å². The molecule has 0 aliphatic carbocycles. The average Bonchev–Trinajstić information content (AvgIpc) is 3.25. The zero-order valence-electron chi connectivity index (χ0n) is 17.5. The van der Waals surface area contributed by atoms with E-state index < -0.39 is 6.04 Å². The lowest BCUT2D eigenvalue weighted by molar-refractivity contribution is -0.129. The fourth-order valence-electron chi connectivity index (χ4n) is 4.64. The molecule has 3 amide bonds. The highest BCUT2D eigenvalue weighted by molar-refractivity contribution is 6.04. The summed E-state index contributed by atoms with van der Waals surface area (Å²) >= 11 is 0. The van der Waals surface area contributed by atoms with E-state index >= 15 is 0 Å². The van der Waals surface area contributed by atoms with E-state index in [0.717, 1.165) is 48.4 Å². The number of hydrogen-bond donors (Lipinski definition) is 1. The Morgan fingerprint density at radius 3 is 2.61 bits per heavy atom. The first-order valence-corrected chi connectivity index (χ1v) is 11.0. The van der Waals surface area contributed by atoms with E-state index in [-0.39, 0.29) is 18.0 Å². The third-order valence-corrected chi connectivity index (χ3v) is 6.23. The minimum absolute atomic E-state index is 0.144. The number of amides is 3. The fraction of sp³-hybridized carbons (Fsp3) is 0.417. The van der Waals surface area contributed by atoms with Crippen LogP contribution in [0, 0.1) is 0 Å². The smallest absolute Gasteiger partial charge is 0.325 e. The third-order valence-electron chi connectivity index (χ3n) is 6.23. The normalized spacial score (nSPS) is 23.7. The second-order valence-electron chi connectivity index (χ2n) is 8.33. The van der Waals surface area contributed by atoms with Gasteiger partial charge in [0.25, 0.3) is 5.91 Å². The van der Waals surface area contributed by atoms with Crippen LogP contribution in [0.3, 0.4) is 0 Å². The molecule has 2 fully saturated rings. The standard InChI is InChI=1S/C24H27N3O4/c28-23-19(14-17-6-2-1-3-7-17)25-24(29)27(23)16-26-11-4-8-20(26)18-9-10-21-22(15-18)31-13-5-12-30-21/h1-3,6-7,9-10,15,19-20H,4-5,8,11-14,16H2,(H,25,29)/t19-,20-/m0/s1. The Morgan fingerprint density at radius 1 is 0.968 bits per heavy atom. The topological polar surface area (TPSA) is 71.1 Å². The summed E-state index contributed by atoms with van der Waals surface area (Å²) in [5, 5.41) is 2.85. The van der Waals surface area contributed by atoms with Crippen molar-refractivity contribution in [2.45, 2.75) is 37.8 Å². The molecule has 2 aromatic carbocycles. The van der Waals surface area contributed by atoms with Crippen molar-refractivity contribution in [3.8, 4) is 11.5 Å². The third kappa shape index (κ3) is 4.10. The summed E-state index contributed by atoms with van der Waals surface area (Å²) in [4.78, 5) is 29.1. The number of likely N-dealkylation sites (tertiary alicyclic amines) is 1. The highest BCUT2D eigenvalue weighted by Crippen LogP contribution is 2.38. The van der Waals surface area contributed by atoms with Gasteiger partial charge in [-0.2, -0.15) is 0 Å². The zero-order chi connectivity index (χ0) is 21.2. The van der Waals surface area contributed by atoms with Gasteiger partial charge in [-0.15, -0.1) is 0 Å². The Labute approximate surface area is 181 Å². The van der Waals surface area contributed by atoms with Gasteiger partial charge in [-0.25, -0.2) is 9.69 Å². The number of nitrogens with one attached hydrogen (secondary N) is 1. The first-order valence-electron chi connectivity index (χ1n) is 11.0. The van der Waals surface area contributed by atoms with Crippen LogP contribution in [0.25, 0.3) is 0 Å². The molecule has 3 aliphatic rings. The number of ether oxygens (including phenoxy) is 2. The van der Waals surface area contributed by atoms with E-state index in [9.17, 15) is 9.59 Å². The molecule has 3 aliphatic heterocycles. The van der Waals surface area contributed by atoms with Crippen LogP contribution in [0.1, 0.15) is 36.4 Å². The van der Waals surface area contributed by atoms with Gasteiger partial charge in [-0.05, 0) is 36.1 Å². The van der Waals surface area contributed by atoms with Gasteiger partial charge in [0.15, 0.2) is 11.5 Å². The fourth-order valence-corrected chi connectivity index (χ4v) is 4.64. The molecule has 0 radical (unpaired) electrons. The summed E-state index contributed by atoms with van der Waals surface area (Å²) in [6.07, 6.45) is 3.39. The van der Waals surface area contributed by atoms with Crippen LogP contribution < -0.4 is 14.8 Å². The van der Waals surface area contributed by atoms with Crippen molar-refractivity contribution in [3.63, 3.8) is 0 Å². The number of imide groups is 1. The maximum Gasteiger partial charge on any atom is 0.325 e. The zero-order valence-corrected chi connectivity index (χ0v) is 17.5. The summed E-state index contributed by atoms with van der Waals surface area (Å²) in [6, 6.07) is 15.2. The van der Waals surface area contributed by atoms with Crippen LogP contribution in [0.2, 0.25) is 0 Å². The average molecular weight is 421 g/mol. The Hall–Kier alpha value is -3.06. The van der Waals surface area contributed by atoms with Gasteiger partial charge in [-0.1, -0.05) is 36.4 Å². The summed E-state index contributed by atoms with van der Waals surface area (Å²) < 4.78 is 11.6. The maximum absolute atomic E-state index is 13.0. The number of benzene rings is 2. The summed E-state index contributed by atoms with van der Waals surface area (Å²) in [5.41, 5.74) is 2.17. The second kappa shape index (κ2) is 8.59. The van der Waals surface area contributed by atoms with Crippen molar-refractivity contribution in [1.82, 2.24) is 15.1 Å². The molecule has 1 N–H and O–H groups in total. The molecular formula is C24H27N3O4. The lowest BCUT2D eigenvalue weighted by atomic mass is 10.0. The second-order valence-corrected chi connectivity index (χ2v) is 8.33. The number of hydrogen-bond acceptors (Lipinski definition) is 5. The van der Waals surface area contributed by atoms with Crippen LogP contribution in [-0.4, -0.2) is 54.2 Å². The van der Waals surface area contributed by atoms with Crippen molar-refractivity contribution < 1.29 is 19.1 Å². The Bertz CT molecular complexity index is 965. The Balaban J connectivity index is 1.29. The highest BCUT2D eigenvalue weighted by atomic mass is 16.5. The van der Waals surface area contributed by atoms with Crippen molar-refractivity contribution in [1.29, 1.82) is 0 Å². The molecule has 7 nitrogen and oxygen atoms in total. The van der Waals surface area contributed by atoms with Gasteiger partial charge in [-0.3, -0.25) is 9.69 Å². The molecule has 0 bridgehead atoms. The number of carbonyl (C=O) groups is 2. The number of urea groups is 1. The summed E-state index contributed by atoms with van der Waals surface area (Å²) in [6.45, 7) is 2.46. The van der Waals surface area contributed by atoms with Gasteiger partial charge >= 0.3 is 6.03 Å². The van der Waals surface area contributed by atoms with Gasteiger partial charge < -0.3 is 14.8 Å². The van der Waals surface area contributed by atoms with Crippen LogP contribution in [0.5, 0.6) is 11.5 Å². The number of fused-ring (bicyclic) bond motifs is 1. The monoisotopic (exact) mass is 421 g/mol. The van der Waals surface area contributed by atoms with Crippen molar-refractivity contribution in [3.05, 3.63) is 59.7 Å². The summed E-state index contributed by atoms with van der Waals surface area (Å²) in [5.74, 6) is 1.40. The van der Waals surface area contributed by atoms with Crippen LogP contribution in [0.4, 0.5) is 4.79 Å². The van der Waals surface area contributed by atoms with Gasteiger partial charge in [0.05, 0.1) is 19.9 Å². The van der Waals surface area contributed by atoms with E-state index in [1.165, 1.54) is 4.90 Å². The molecule has 0 unspecified atom stereocenters.